The molecule has 0 radical (unpaired) electrons. The molecule has 1 aromatic rings. The smallest absolute Gasteiger partial charge is 0.337 e. The summed E-state index contributed by atoms with van der Waals surface area (Å²) in [4.78, 5) is 10.9. The standard InChI is InChI=1S/C10H13NO2S2/c12-10(13)8-3-1-2-4-9(8)11-7(5-14)6-15/h1-4,7,11,14-15H,5-6H2,(H,12,13). The number of aromatic carboxylic acids is 1. The Kier molecular flexibility index (Phi) is 4.84. The van der Waals surface area contributed by atoms with Gasteiger partial charge in [0.05, 0.1) is 5.56 Å². The zero-order valence-electron chi connectivity index (χ0n) is 8.05. The molecule has 0 amide bonds. The molecule has 0 bridgehead atoms. The Morgan fingerprint density at radius 2 is 1.93 bits per heavy atom. The van der Waals surface area contributed by atoms with E-state index >= 15 is 0 Å². The highest BCUT2D eigenvalue weighted by Crippen LogP contribution is 2.16. The molecule has 2 N–H and O–H groups in total. The fourth-order valence-corrected chi connectivity index (χ4v) is 1.81. The summed E-state index contributed by atoms with van der Waals surface area (Å²) in [6.07, 6.45) is 0. The molecule has 1 aromatic carbocycles. The first-order valence-corrected chi connectivity index (χ1v) is 5.76. The molecule has 0 atom stereocenters. The maximum atomic E-state index is 10.9. The van der Waals surface area contributed by atoms with Crippen LogP contribution in [-0.2, 0) is 0 Å². The number of anilines is 1. The fourth-order valence-electron chi connectivity index (χ4n) is 1.16. The van der Waals surface area contributed by atoms with Gasteiger partial charge in [0.2, 0.25) is 0 Å². The molecule has 15 heavy (non-hydrogen) atoms. The molecule has 5 heteroatoms. The highest BCUT2D eigenvalue weighted by Gasteiger charge is 2.11. The van der Waals surface area contributed by atoms with Crippen LogP contribution in [0.25, 0.3) is 0 Å². The van der Waals surface area contributed by atoms with Gasteiger partial charge in [0.25, 0.3) is 0 Å². The van der Waals surface area contributed by atoms with E-state index in [0.29, 0.717) is 17.2 Å². The third-order valence-corrected chi connectivity index (χ3v) is 2.84. The Morgan fingerprint density at radius 3 is 2.47 bits per heavy atom. The van der Waals surface area contributed by atoms with E-state index in [-0.39, 0.29) is 11.6 Å². The molecule has 3 nitrogen and oxygen atoms in total. The number of nitrogens with one attached hydrogen (secondary N) is 1. The van der Waals surface area contributed by atoms with Gasteiger partial charge in [0.1, 0.15) is 0 Å². The third kappa shape index (κ3) is 3.35. The van der Waals surface area contributed by atoms with Crippen molar-refractivity contribution in [3.63, 3.8) is 0 Å². The van der Waals surface area contributed by atoms with Gasteiger partial charge in [-0.1, -0.05) is 12.1 Å². The highest BCUT2D eigenvalue weighted by atomic mass is 32.1. The van der Waals surface area contributed by atoms with Gasteiger partial charge in [0.15, 0.2) is 0 Å². The van der Waals surface area contributed by atoms with Crippen LogP contribution in [0.4, 0.5) is 5.69 Å². The van der Waals surface area contributed by atoms with Gasteiger partial charge < -0.3 is 10.4 Å². The van der Waals surface area contributed by atoms with Gasteiger partial charge in [-0.25, -0.2) is 4.79 Å². The van der Waals surface area contributed by atoms with Crippen molar-refractivity contribution in [3.05, 3.63) is 29.8 Å². The predicted octanol–water partition coefficient (Wildman–Crippen LogP) is 2.02. The topological polar surface area (TPSA) is 49.3 Å². The van der Waals surface area contributed by atoms with Crippen LogP contribution in [0.5, 0.6) is 0 Å². The fraction of sp³-hybridized carbons (Fsp3) is 0.300. The third-order valence-electron chi connectivity index (χ3n) is 1.96. The number of carboxylic acids is 1. The van der Waals surface area contributed by atoms with Gasteiger partial charge in [-0.2, -0.15) is 25.3 Å². The molecule has 0 spiro atoms. The average molecular weight is 243 g/mol. The Morgan fingerprint density at radius 1 is 1.33 bits per heavy atom. The quantitative estimate of drug-likeness (QED) is 0.599. The van der Waals surface area contributed by atoms with Gasteiger partial charge in [0, 0.05) is 23.2 Å². The van der Waals surface area contributed by atoms with Gasteiger partial charge in [-0.05, 0) is 12.1 Å². The van der Waals surface area contributed by atoms with Crippen LogP contribution in [0.2, 0.25) is 0 Å². The van der Waals surface area contributed by atoms with E-state index in [2.05, 4.69) is 30.6 Å². The summed E-state index contributed by atoms with van der Waals surface area (Å²) in [5.41, 5.74) is 0.879. The van der Waals surface area contributed by atoms with Crippen LogP contribution in [0, 0.1) is 0 Å². The Bertz CT molecular complexity index is 340. The van der Waals surface area contributed by atoms with Crippen LogP contribution >= 0.6 is 25.3 Å². The number of benzene rings is 1. The van der Waals surface area contributed by atoms with E-state index in [1.165, 1.54) is 0 Å². The lowest BCUT2D eigenvalue weighted by Gasteiger charge is -2.16. The van der Waals surface area contributed by atoms with Crippen LogP contribution in [0.15, 0.2) is 24.3 Å². The second kappa shape index (κ2) is 5.92. The second-order valence-corrected chi connectivity index (χ2v) is 3.79. The summed E-state index contributed by atoms with van der Waals surface area (Å²) in [7, 11) is 0. The van der Waals surface area contributed by atoms with Crippen molar-refractivity contribution in [2.75, 3.05) is 16.8 Å². The molecular formula is C10H13NO2S2. The first-order valence-electron chi connectivity index (χ1n) is 4.49. The number of rotatable bonds is 5. The molecule has 0 fully saturated rings. The molecule has 0 heterocycles. The van der Waals surface area contributed by atoms with E-state index in [9.17, 15) is 4.79 Å². The van der Waals surface area contributed by atoms with Crippen LogP contribution in [0.1, 0.15) is 10.4 Å². The average Bonchev–Trinajstić information content (AvgIpc) is 2.26. The Labute approximate surface area is 99.7 Å². The molecular weight excluding hydrogens is 230 g/mol. The molecule has 1 rings (SSSR count). The summed E-state index contributed by atoms with van der Waals surface area (Å²) in [5.74, 6) is 0.282. The van der Waals surface area contributed by atoms with Gasteiger partial charge in [-0.3, -0.25) is 0 Å². The second-order valence-electron chi connectivity index (χ2n) is 3.06. The van der Waals surface area contributed by atoms with Crippen molar-refractivity contribution >= 4 is 36.9 Å². The minimum absolute atomic E-state index is 0.0668. The number of carbonyl (C=O) groups is 1. The van der Waals surface area contributed by atoms with Gasteiger partial charge >= 0.3 is 5.97 Å². The summed E-state index contributed by atoms with van der Waals surface area (Å²) < 4.78 is 0. The van der Waals surface area contributed by atoms with Gasteiger partial charge in [-0.15, -0.1) is 0 Å². The first kappa shape index (κ1) is 12.3. The number of hydrogen-bond donors (Lipinski definition) is 4. The van der Waals surface area contributed by atoms with Crippen molar-refractivity contribution in [1.82, 2.24) is 0 Å². The summed E-state index contributed by atoms with van der Waals surface area (Å²) in [6.45, 7) is 0. The maximum absolute atomic E-state index is 10.9. The Balaban J connectivity index is 2.88. The molecule has 0 unspecified atom stereocenters. The zero-order chi connectivity index (χ0) is 11.3. The molecule has 0 aliphatic carbocycles. The molecule has 0 saturated carbocycles. The first-order chi connectivity index (χ1) is 7.19. The van der Waals surface area contributed by atoms with E-state index < -0.39 is 5.97 Å². The molecule has 0 aliphatic heterocycles. The van der Waals surface area contributed by atoms with E-state index in [1.807, 2.05) is 0 Å². The minimum atomic E-state index is -0.935. The largest absolute Gasteiger partial charge is 0.478 e. The minimum Gasteiger partial charge on any atom is -0.478 e. The van der Waals surface area contributed by atoms with E-state index in [0.717, 1.165) is 0 Å². The van der Waals surface area contributed by atoms with Crippen molar-refractivity contribution < 1.29 is 9.90 Å². The monoisotopic (exact) mass is 243 g/mol. The summed E-state index contributed by atoms with van der Waals surface area (Å²) in [6, 6.07) is 6.87. The van der Waals surface area contributed by atoms with Crippen molar-refractivity contribution in [3.8, 4) is 0 Å². The van der Waals surface area contributed by atoms with E-state index in [4.69, 9.17) is 5.11 Å². The van der Waals surface area contributed by atoms with Crippen LogP contribution in [-0.4, -0.2) is 28.6 Å². The number of para-hydroxylation sites is 1. The van der Waals surface area contributed by atoms with Crippen molar-refractivity contribution in [1.29, 1.82) is 0 Å². The van der Waals surface area contributed by atoms with Crippen molar-refractivity contribution in [2.24, 2.45) is 0 Å². The lowest BCUT2D eigenvalue weighted by Crippen LogP contribution is -2.24. The molecule has 0 saturated heterocycles. The van der Waals surface area contributed by atoms with Crippen LogP contribution in [0.3, 0.4) is 0 Å². The molecule has 0 aliphatic rings. The lowest BCUT2D eigenvalue weighted by molar-refractivity contribution is 0.0698. The predicted molar refractivity (Wildman–Crippen MR) is 68.5 cm³/mol. The van der Waals surface area contributed by atoms with Crippen LogP contribution < -0.4 is 5.32 Å². The normalized spacial score (nSPS) is 10.3. The lowest BCUT2D eigenvalue weighted by atomic mass is 10.1. The van der Waals surface area contributed by atoms with E-state index in [1.54, 1.807) is 24.3 Å². The zero-order valence-corrected chi connectivity index (χ0v) is 9.84. The molecule has 0 aromatic heterocycles. The summed E-state index contributed by atoms with van der Waals surface area (Å²) >= 11 is 8.31. The number of carboxylic acid groups (broad SMARTS) is 1. The van der Waals surface area contributed by atoms with Crippen molar-refractivity contribution in [2.45, 2.75) is 6.04 Å². The summed E-state index contributed by atoms with van der Waals surface area (Å²) in [5, 5.41) is 12.0. The Hall–Kier alpha value is -0.810. The maximum Gasteiger partial charge on any atom is 0.337 e. The molecule has 82 valence electrons. The number of thiol groups is 2. The SMILES string of the molecule is O=C(O)c1ccccc1NC(CS)CS. The number of hydrogen-bond acceptors (Lipinski definition) is 4. The highest BCUT2D eigenvalue weighted by molar-refractivity contribution is 7.81.